The van der Waals surface area contributed by atoms with Crippen molar-refractivity contribution in [1.29, 1.82) is 0 Å². The van der Waals surface area contributed by atoms with Gasteiger partial charge in [0.2, 0.25) is 5.91 Å². The maximum atomic E-state index is 13.5. The fraction of sp³-hybridized carbons (Fsp3) is 0.611. The molecule has 0 bridgehead atoms. The van der Waals surface area contributed by atoms with E-state index < -0.39 is 29.4 Å². The summed E-state index contributed by atoms with van der Waals surface area (Å²) < 4.78 is 26.7. The lowest BCUT2D eigenvalue weighted by molar-refractivity contribution is -0.139. The molecular formula is C18H23F2NO3. The van der Waals surface area contributed by atoms with E-state index in [0.29, 0.717) is 18.4 Å². The molecule has 2 atom stereocenters. The smallest absolute Gasteiger partial charge is 0.226 e. The predicted molar refractivity (Wildman–Crippen MR) is 84.1 cm³/mol. The molecule has 2 aliphatic rings. The van der Waals surface area contributed by atoms with Crippen LogP contribution in [-0.4, -0.2) is 39.3 Å². The number of β-amino-alcohol motifs (C(OH)–C–C–N with tert-alkyl or cyclic N) is 1. The number of halogens is 2. The fourth-order valence-corrected chi connectivity index (χ4v) is 3.89. The van der Waals surface area contributed by atoms with Gasteiger partial charge in [0.15, 0.2) is 11.6 Å². The van der Waals surface area contributed by atoms with Crippen LogP contribution >= 0.6 is 0 Å². The second-order valence-corrected chi connectivity index (χ2v) is 7.09. The molecule has 2 fully saturated rings. The largest absolute Gasteiger partial charge is 0.391 e. The van der Waals surface area contributed by atoms with Crippen LogP contribution in [-0.2, 0) is 4.79 Å². The molecule has 2 N–H and O–H groups in total. The lowest BCUT2D eigenvalue weighted by Gasteiger charge is -2.34. The average molecular weight is 339 g/mol. The van der Waals surface area contributed by atoms with Crippen molar-refractivity contribution in [3.05, 3.63) is 35.4 Å². The van der Waals surface area contributed by atoms with Gasteiger partial charge in [-0.2, -0.15) is 0 Å². The molecule has 1 saturated heterocycles. The zero-order valence-electron chi connectivity index (χ0n) is 13.5. The highest BCUT2D eigenvalue weighted by atomic mass is 19.2. The van der Waals surface area contributed by atoms with E-state index in [1.165, 1.54) is 11.0 Å². The summed E-state index contributed by atoms with van der Waals surface area (Å²) in [6, 6.07) is 3.06. The zero-order chi connectivity index (χ0) is 17.3. The van der Waals surface area contributed by atoms with E-state index in [9.17, 15) is 23.8 Å². The number of carbonyl (C=O) groups excluding carboxylic acids is 1. The molecule has 1 saturated carbocycles. The molecule has 132 valence electrons. The Morgan fingerprint density at radius 2 is 1.92 bits per heavy atom. The van der Waals surface area contributed by atoms with E-state index in [1.807, 2.05) is 0 Å². The Morgan fingerprint density at radius 3 is 2.58 bits per heavy atom. The summed E-state index contributed by atoms with van der Waals surface area (Å²) in [4.78, 5) is 14.2. The number of amides is 1. The van der Waals surface area contributed by atoms with E-state index >= 15 is 0 Å². The highest BCUT2D eigenvalue weighted by Crippen LogP contribution is 2.36. The molecule has 1 aromatic rings. The van der Waals surface area contributed by atoms with Crippen LogP contribution in [0.4, 0.5) is 8.78 Å². The molecule has 2 unspecified atom stereocenters. The van der Waals surface area contributed by atoms with Crippen LogP contribution < -0.4 is 0 Å². The molecule has 4 nitrogen and oxygen atoms in total. The van der Waals surface area contributed by atoms with E-state index in [0.717, 1.165) is 31.4 Å². The van der Waals surface area contributed by atoms with E-state index in [2.05, 4.69) is 0 Å². The van der Waals surface area contributed by atoms with Gasteiger partial charge in [0.05, 0.1) is 24.2 Å². The van der Waals surface area contributed by atoms with Crippen LogP contribution in [0.3, 0.4) is 0 Å². The third-order valence-corrected chi connectivity index (χ3v) is 5.19. The van der Waals surface area contributed by atoms with Gasteiger partial charge >= 0.3 is 0 Å². The van der Waals surface area contributed by atoms with Crippen LogP contribution in [0.2, 0.25) is 0 Å². The Hall–Kier alpha value is -1.53. The highest BCUT2D eigenvalue weighted by Gasteiger charge is 2.39. The van der Waals surface area contributed by atoms with Gasteiger partial charge in [-0.05, 0) is 37.0 Å². The third-order valence-electron chi connectivity index (χ3n) is 5.19. The summed E-state index contributed by atoms with van der Waals surface area (Å²) >= 11 is 0. The first-order chi connectivity index (χ1) is 11.4. The van der Waals surface area contributed by atoms with E-state index in [1.54, 1.807) is 0 Å². The first-order valence-corrected chi connectivity index (χ1v) is 8.53. The van der Waals surface area contributed by atoms with Crippen molar-refractivity contribution in [2.45, 2.75) is 62.7 Å². The van der Waals surface area contributed by atoms with Gasteiger partial charge in [0.25, 0.3) is 0 Å². The van der Waals surface area contributed by atoms with Crippen LogP contribution in [0.5, 0.6) is 0 Å². The van der Waals surface area contributed by atoms with Gasteiger partial charge in [0, 0.05) is 6.54 Å². The number of nitrogens with zero attached hydrogens (tertiary/aromatic N) is 1. The molecule has 24 heavy (non-hydrogen) atoms. The van der Waals surface area contributed by atoms with Crippen molar-refractivity contribution in [3.63, 3.8) is 0 Å². The second kappa shape index (κ2) is 6.76. The maximum absolute atomic E-state index is 13.5. The van der Waals surface area contributed by atoms with Gasteiger partial charge in [-0.25, -0.2) is 8.78 Å². The maximum Gasteiger partial charge on any atom is 0.226 e. The number of hydrogen-bond donors (Lipinski definition) is 2. The summed E-state index contributed by atoms with van der Waals surface area (Å²) in [7, 11) is 0. The standard InChI is InChI=1S/C18H23F2NO3/c19-14-5-4-12(8-15(14)20)16-9-13(22)11-21(16)17(23)10-18(24)6-2-1-3-7-18/h4-5,8,13,16,22,24H,1-3,6-7,9-11H2. The Bertz CT molecular complexity index is 616. The lowest BCUT2D eigenvalue weighted by atomic mass is 9.82. The zero-order valence-corrected chi connectivity index (χ0v) is 13.5. The van der Waals surface area contributed by atoms with Crippen LogP contribution in [0.1, 0.15) is 56.6 Å². The quantitative estimate of drug-likeness (QED) is 0.890. The van der Waals surface area contributed by atoms with Crippen LogP contribution in [0.25, 0.3) is 0 Å². The Kier molecular flexibility index (Phi) is 4.88. The summed E-state index contributed by atoms with van der Waals surface area (Å²) in [5, 5.41) is 20.5. The Labute approximate surface area is 140 Å². The van der Waals surface area contributed by atoms with E-state index in [4.69, 9.17) is 0 Å². The molecular weight excluding hydrogens is 316 g/mol. The van der Waals surface area contributed by atoms with Crippen LogP contribution in [0.15, 0.2) is 18.2 Å². The van der Waals surface area contributed by atoms with Gasteiger partial charge < -0.3 is 15.1 Å². The van der Waals surface area contributed by atoms with Crippen molar-refractivity contribution in [1.82, 2.24) is 4.90 Å². The molecule has 1 heterocycles. The summed E-state index contributed by atoms with van der Waals surface area (Å²) in [5.41, 5.74) is -0.518. The highest BCUT2D eigenvalue weighted by molar-refractivity contribution is 5.78. The predicted octanol–water partition coefficient (Wildman–Crippen LogP) is 2.68. The number of benzene rings is 1. The minimum atomic E-state index is -0.985. The number of rotatable bonds is 3. The Morgan fingerprint density at radius 1 is 1.21 bits per heavy atom. The van der Waals surface area contributed by atoms with Crippen molar-refractivity contribution in [2.75, 3.05) is 6.54 Å². The number of carbonyl (C=O) groups is 1. The third kappa shape index (κ3) is 3.59. The van der Waals surface area contributed by atoms with Crippen molar-refractivity contribution < 1.29 is 23.8 Å². The number of hydrogen-bond acceptors (Lipinski definition) is 3. The normalized spacial score (nSPS) is 26.6. The molecule has 6 heteroatoms. The van der Waals surface area contributed by atoms with Crippen molar-refractivity contribution >= 4 is 5.91 Å². The molecule has 1 amide bonds. The van der Waals surface area contributed by atoms with Gasteiger partial charge in [-0.1, -0.05) is 25.3 Å². The summed E-state index contributed by atoms with van der Waals surface area (Å²) in [6.07, 6.45) is 3.67. The molecule has 1 aliphatic heterocycles. The SMILES string of the molecule is O=C(CC1(O)CCCCC1)N1CC(O)CC1c1ccc(F)c(F)c1. The van der Waals surface area contributed by atoms with Gasteiger partial charge in [-0.15, -0.1) is 0 Å². The topological polar surface area (TPSA) is 60.8 Å². The molecule has 0 radical (unpaired) electrons. The molecule has 3 rings (SSSR count). The summed E-state index contributed by atoms with van der Waals surface area (Å²) in [5.74, 6) is -2.15. The first-order valence-electron chi connectivity index (χ1n) is 8.53. The van der Waals surface area contributed by atoms with Gasteiger partial charge in [0.1, 0.15) is 0 Å². The average Bonchev–Trinajstić information content (AvgIpc) is 2.92. The minimum Gasteiger partial charge on any atom is -0.391 e. The Balaban J connectivity index is 1.77. The minimum absolute atomic E-state index is 0.0138. The molecule has 1 aliphatic carbocycles. The lowest BCUT2D eigenvalue weighted by Crippen LogP contribution is -2.40. The van der Waals surface area contributed by atoms with Crippen LogP contribution in [0, 0.1) is 11.6 Å². The monoisotopic (exact) mass is 339 g/mol. The number of likely N-dealkylation sites (tertiary alicyclic amines) is 1. The molecule has 0 spiro atoms. The first kappa shape index (κ1) is 17.3. The summed E-state index contributed by atoms with van der Waals surface area (Å²) in [6.45, 7) is 0.151. The molecule has 1 aromatic carbocycles. The molecule has 0 aromatic heterocycles. The van der Waals surface area contributed by atoms with Crippen molar-refractivity contribution in [3.8, 4) is 0 Å². The second-order valence-electron chi connectivity index (χ2n) is 7.09. The van der Waals surface area contributed by atoms with E-state index in [-0.39, 0.29) is 25.3 Å². The van der Waals surface area contributed by atoms with Crippen molar-refractivity contribution in [2.24, 2.45) is 0 Å². The fourth-order valence-electron chi connectivity index (χ4n) is 3.89. The van der Waals surface area contributed by atoms with Gasteiger partial charge in [-0.3, -0.25) is 4.79 Å². The number of aliphatic hydroxyl groups excluding tert-OH is 1. The number of aliphatic hydroxyl groups is 2.